The number of nitrogens with zero attached hydrogens (tertiary/aromatic N) is 1. The molecule has 0 radical (unpaired) electrons. The number of hydrogen-bond donors (Lipinski definition) is 1. The summed E-state index contributed by atoms with van der Waals surface area (Å²) >= 11 is 7.28. The highest BCUT2D eigenvalue weighted by Gasteiger charge is 2.15. The van der Waals surface area contributed by atoms with E-state index in [-0.39, 0.29) is 23.8 Å². The minimum Gasteiger partial charge on any atom is -0.341 e. The van der Waals surface area contributed by atoms with Gasteiger partial charge in [-0.05, 0) is 31.2 Å². The molecule has 8 heteroatoms. The quantitative estimate of drug-likeness (QED) is 0.795. The van der Waals surface area contributed by atoms with Crippen LogP contribution < -0.4 is 4.72 Å². The van der Waals surface area contributed by atoms with Crippen molar-refractivity contribution < 1.29 is 13.2 Å². The summed E-state index contributed by atoms with van der Waals surface area (Å²) in [6.45, 7) is 2.41. The molecule has 1 aromatic carbocycles. The van der Waals surface area contributed by atoms with E-state index in [0.717, 1.165) is 10.4 Å². The SMILES string of the molecule is Cc1ccc(S(=O)(=O)NCCC(=O)N(C)Cc2ccc(Cl)s2)cc1. The van der Waals surface area contributed by atoms with Crippen molar-refractivity contribution in [3.8, 4) is 0 Å². The summed E-state index contributed by atoms with van der Waals surface area (Å²) in [6.07, 6.45) is 0.0979. The van der Waals surface area contributed by atoms with Gasteiger partial charge in [0.2, 0.25) is 15.9 Å². The lowest BCUT2D eigenvalue weighted by Gasteiger charge is -2.16. The van der Waals surface area contributed by atoms with Crippen molar-refractivity contribution in [2.45, 2.75) is 24.8 Å². The van der Waals surface area contributed by atoms with E-state index in [1.54, 1.807) is 42.3 Å². The number of rotatable bonds is 7. The zero-order valence-electron chi connectivity index (χ0n) is 13.5. The molecule has 1 aromatic heterocycles. The van der Waals surface area contributed by atoms with Gasteiger partial charge in [0, 0.05) is 24.9 Å². The Morgan fingerprint density at radius 3 is 2.46 bits per heavy atom. The predicted molar refractivity (Wildman–Crippen MR) is 96.8 cm³/mol. The number of carbonyl (C=O) groups is 1. The third-order valence-corrected chi connectivity index (χ3v) is 6.10. The summed E-state index contributed by atoms with van der Waals surface area (Å²) < 4.78 is 27.4. The van der Waals surface area contributed by atoms with Crippen LogP contribution in [0.2, 0.25) is 4.34 Å². The maximum absolute atomic E-state index is 12.1. The molecule has 2 rings (SSSR count). The van der Waals surface area contributed by atoms with Crippen molar-refractivity contribution in [2.24, 2.45) is 0 Å². The molecule has 130 valence electrons. The molecule has 0 aliphatic carbocycles. The Bertz CT molecular complexity index is 801. The number of carbonyl (C=O) groups excluding carboxylic acids is 1. The Hall–Kier alpha value is -1.41. The first-order valence-corrected chi connectivity index (χ1v) is 10.0. The zero-order chi connectivity index (χ0) is 17.7. The molecule has 0 aliphatic rings. The average molecular weight is 387 g/mol. The smallest absolute Gasteiger partial charge is 0.240 e. The summed E-state index contributed by atoms with van der Waals surface area (Å²) in [5, 5.41) is 0. The van der Waals surface area contributed by atoms with E-state index in [9.17, 15) is 13.2 Å². The fourth-order valence-electron chi connectivity index (χ4n) is 2.04. The van der Waals surface area contributed by atoms with Gasteiger partial charge >= 0.3 is 0 Å². The Labute approximate surface area is 151 Å². The highest BCUT2D eigenvalue weighted by molar-refractivity contribution is 7.89. The van der Waals surface area contributed by atoms with Crippen LogP contribution in [0.4, 0.5) is 0 Å². The van der Waals surface area contributed by atoms with Crippen LogP contribution in [0, 0.1) is 6.92 Å². The topological polar surface area (TPSA) is 66.5 Å². The minimum atomic E-state index is -3.59. The van der Waals surface area contributed by atoms with Gasteiger partial charge in [-0.1, -0.05) is 29.3 Å². The van der Waals surface area contributed by atoms with Gasteiger partial charge in [-0.2, -0.15) is 0 Å². The summed E-state index contributed by atoms with van der Waals surface area (Å²) in [4.78, 5) is 14.8. The molecule has 0 saturated carbocycles. The van der Waals surface area contributed by atoms with Gasteiger partial charge in [-0.3, -0.25) is 4.79 Å². The van der Waals surface area contributed by atoms with Crippen molar-refractivity contribution in [1.29, 1.82) is 0 Å². The van der Waals surface area contributed by atoms with Crippen molar-refractivity contribution in [1.82, 2.24) is 9.62 Å². The van der Waals surface area contributed by atoms with Crippen molar-refractivity contribution >= 4 is 38.9 Å². The molecule has 1 N–H and O–H groups in total. The largest absolute Gasteiger partial charge is 0.341 e. The molecule has 0 saturated heterocycles. The number of sulfonamides is 1. The lowest BCUT2D eigenvalue weighted by molar-refractivity contribution is -0.130. The maximum atomic E-state index is 12.1. The van der Waals surface area contributed by atoms with Crippen molar-refractivity contribution in [3.63, 3.8) is 0 Å². The van der Waals surface area contributed by atoms with Crippen LogP contribution in [0.5, 0.6) is 0 Å². The first kappa shape index (κ1) is 18.9. The number of nitrogens with one attached hydrogen (secondary N) is 1. The van der Waals surface area contributed by atoms with E-state index in [1.807, 2.05) is 13.0 Å². The summed E-state index contributed by atoms with van der Waals surface area (Å²) in [6, 6.07) is 10.2. The second-order valence-electron chi connectivity index (χ2n) is 5.42. The standard InChI is InChI=1S/C16H19ClN2O3S2/c1-12-3-6-14(7-4-12)24(21,22)18-10-9-16(20)19(2)11-13-5-8-15(17)23-13/h3-8,18H,9-11H2,1-2H3. The highest BCUT2D eigenvalue weighted by atomic mass is 35.5. The second-order valence-corrected chi connectivity index (χ2v) is 8.98. The number of thiophene rings is 1. The first-order valence-electron chi connectivity index (χ1n) is 7.32. The van der Waals surface area contributed by atoms with E-state index in [0.29, 0.717) is 10.9 Å². The first-order chi connectivity index (χ1) is 11.3. The number of halogens is 1. The number of benzene rings is 1. The fraction of sp³-hybridized carbons (Fsp3) is 0.312. The van der Waals surface area contributed by atoms with Gasteiger partial charge in [0.05, 0.1) is 15.8 Å². The highest BCUT2D eigenvalue weighted by Crippen LogP contribution is 2.22. The Balaban J connectivity index is 1.84. The third kappa shape index (κ3) is 5.31. The molecule has 2 aromatic rings. The van der Waals surface area contributed by atoms with E-state index in [4.69, 9.17) is 11.6 Å². The molecule has 24 heavy (non-hydrogen) atoms. The molecule has 0 spiro atoms. The lowest BCUT2D eigenvalue weighted by atomic mass is 10.2. The molecule has 1 heterocycles. The van der Waals surface area contributed by atoms with Crippen LogP contribution >= 0.6 is 22.9 Å². The molecule has 5 nitrogen and oxygen atoms in total. The normalized spacial score (nSPS) is 11.5. The Morgan fingerprint density at radius 1 is 1.21 bits per heavy atom. The Morgan fingerprint density at radius 2 is 1.88 bits per heavy atom. The fourth-order valence-corrected chi connectivity index (χ4v) is 4.22. The van der Waals surface area contributed by atoms with Gasteiger partial charge in [-0.15, -0.1) is 11.3 Å². The predicted octanol–water partition coefficient (Wildman–Crippen LogP) is 3.04. The number of aryl methyl sites for hydroxylation is 1. The molecule has 0 aliphatic heterocycles. The van der Waals surface area contributed by atoms with E-state index in [2.05, 4.69) is 4.72 Å². The zero-order valence-corrected chi connectivity index (χ0v) is 15.8. The van der Waals surface area contributed by atoms with Gasteiger partial charge in [-0.25, -0.2) is 13.1 Å². The molecular formula is C16H19ClN2O3S2. The molecule has 0 bridgehead atoms. The van der Waals surface area contributed by atoms with Gasteiger partial charge in [0.25, 0.3) is 0 Å². The number of hydrogen-bond acceptors (Lipinski definition) is 4. The van der Waals surface area contributed by atoms with E-state index >= 15 is 0 Å². The van der Waals surface area contributed by atoms with Gasteiger partial charge < -0.3 is 4.90 Å². The van der Waals surface area contributed by atoms with Gasteiger partial charge in [0.1, 0.15) is 0 Å². The maximum Gasteiger partial charge on any atom is 0.240 e. The lowest BCUT2D eigenvalue weighted by Crippen LogP contribution is -2.31. The van der Waals surface area contributed by atoms with Crippen LogP contribution in [0.1, 0.15) is 16.9 Å². The summed E-state index contributed by atoms with van der Waals surface area (Å²) in [7, 11) is -1.91. The molecular weight excluding hydrogens is 368 g/mol. The van der Waals surface area contributed by atoms with Gasteiger partial charge in [0.15, 0.2) is 0 Å². The monoisotopic (exact) mass is 386 g/mol. The second kappa shape index (κ2) is 8.11. The van der Waals surface area contributed by atoms with E-state index < -0.39 is 10.0 Å². The van der Waals surface area contributed by atoms with Crippen molar-refractivity contribution in [3.05, 3.63) is 51.2 Å². The van der Waals surface area contributed by atoms with Crippen LogP contribution in [0.3, 0.4) is 0 Å². The Kier molecular flexibility index (Phi) is 6.40. The molecule has 1 amide bonds. The van der Waals surface area contributed by atoms with Crippen LogP contribution in [0.25, 0.3) is 0 Å². The molecule has 0 fully saturated rings. The average Bonchev–Trinajstić information content (AvgIpc) is 2.92. The number of amides is 1. The van der Waals surface area contributed by atoms with Crippen LogP contribution in [-0.2, 0) is 21.4 Å². The van der Waals surface area contributed by atoms with Crippen molar-refractivity contribution in [2.75, 3.05) is 13.6 Å². The van der Waals surface area contributed by atoms with E-state index in [1.165, 1.54) is 11.3 Å². The summed E-state index contributed by atoms with van der Waals surface area (Å²) in [5.41, 5.74) is 0.986. The minimum absolute atomic E-state index is 0.0601. The summed E-state index contributed by atoms with van der Waals surface area (Å²) in [5.74, 6) is -0.133. The molecule has 0 unspecified atom stereocenters. The van der Waals surface area contributed by atoms with Crippen LogP contribution in [0.15, 0.2) is 41.3 Å². The van der Waals surface area contributed by atoms with Crippen LogP contribution in [-0.4, -0.2) is 32.8 Å². The third-order valence-electron chi connectivity index (χ3n) is 3.41. The molecule has 0 atom stereocenters.